The minimum Gasteiger partial charge on any atom is -0.393 e. The lowest BCUT2D eigenvalue weighted by Crippen LogP contribution is -2.61. The Morgan fingerprint density at radius 3 is 2.65 bits per heavy atom. The Morgan fingerprint density at radius 2 is 2.15 bits per heavy atom. The Hall–Kier alpha value is -0.770. The molecule has 1 fully saturated rings. The first-order valence-electron chi connectivity index (χ1n) is 6.60. The van der Waals surface area contributed by atoms with Crippen LogP contribution in [-0.4, -0.2) is 73.4 Å². The number of hydrogen-bond donors (Lipinski definition) is 5. The van der Waals surface area contributed by atoms with Gasteiger partial charge in [-0.3, -0.25) is 10.0 Å². The van der Waals surface area contributed by atoms with Crippen LogP contribution >= 0.6 is 0 Å². The van der Waals surface area contributed by atoms with Crippen LogP contribution in [0, 0.1) is 0 Å². The third-order valence-electron chi connectivity index (χ3n) is 3.42. The van der Waals surface area contributed by atoms with E-state index in [0.717, 1.165) is 0 Å². The van der Waals surface area contributed by atoms with Crippen molar-refractivity contribution in [2.45, 2.75) is 63.3 Å². The smallest absolute Gasteiger partial charge is 0.272 e. The molecule has 0 saturated carbocycles. The molecule has 1 heterocycles. The molecule has 0 aromatic rings. The minimum atomic E-state index is -1.61. The Labute approximate surface area is 117 Å². The predicted octanol–water partition coefficient (Wildman–Crippen LogP) is -1.42. The monoisotopic (exact) mass is 293 g/mol. The average molecular weight is 293 g/mol. The Morgan fingerprint density at radius 1 is 1.55 bits per heavy atom. The minimum absolute atomic E-state index is 0.0319. The molecular weight excluding hydrogens is 270 g/mol. The normalized spacial score (nSPS) is 35.6. The summed E-state index contributed by atoms with van der Waals surface area (Å²) in [5.74, 6) is -2.60. The van der Waals surface area contributed by atoms with Crippen LogP contribution in [0.2, 0.25) is 0 Å². The molecule has 0 aromatic carbocycles. The Balaban J connectivity index is 2.93. The number of ether oxygens (including phenoxy) is 1. The van der Waals surface area contributed by atoms with E-state index in [-0.39, 0.29) is 17.9 Å². The van der Waals surface area contributed by atoms with Gasteiger partial charge in [0.1, 0.15) is 12.6 Å². The van der Waals surface area contributed by atoms with E-state index < -0.39 is 42.7 Å². The summed E-state index contributed by atoms with van der Waals surface area (Å²) in [5.41, 5.74) is 0. The van der Waals surface area contributed by atoms with Crippen LogP contribution in [0.1, 0.15) is 33.1 Å². The maximum absolute atomic E-state index is 11.4. The molecule has 8 heteroatoms. The van der Waals surface area contributed by atoms with E-state index >= 15 is 0 Å². The molecule has 0 bridgehead atoms. The molecule has 1 saturated heterocycles. The fourth-order valence-electron chi connectivity index (χ4n) is 2.38. The van der Waals surface area contributed by atoms with Gasteiger partial charge < -0.3 is 25.2 Å². The molecule has 0 aromatic heterocycles. The molecule has 5 atom stereocenters. The van der Waals surface area contributed by atoms with Crippen molar-refractivity contribution >= 4 is 5.91 Å². The molecule has 118 valence electrons. The van der Waals surface area contributed by atoms with Crippen LogP contribution in [0.15, 0.2) is 0 Å². The lowest BCUT2D eigenvalue weighted by atomic mass is 9.90. The topological polar surface area (TPSA) is 131 Å². The molecule has 5 N–H and O–H groups in total. The third kappa shape index (κ3) is 4.11. The van der Waals surface area contributed by atoms with Gasteiger partial charge in [-0.1, -0.05) is 6.92 Å². The SMILES string of the molecule is CCC(O)CC1OC(C)(O)CC(O)C1N(O)C(=O)CO. The summed E-state index contributed by atoms with van der Waals surface area (Å²) in [6.07, 6.45) is -2.71. The van der Waals surface area contributed by atoms with Gasteiger partial charge in [0, 0.05) is 12.8 Å². The van der Waals surface area contributed by atoms with Crippen molar-refractivity contribution in [3.8, 4) is 0 Å². The number of aliphatic hydroxyl groups is 4. The lowest BCUT2D eigenvalue weighted by Gasteiger charge is -2.45. The Kier molecular flexibility index (Phi) is 5.87. The average Bonchev–Trinajstić information content (AvgIpc) is 2.35. The fourth-order valence-corrected chi connectivity index (χ4v) is 2.38. The second kappa shape index (κ2) is 6.79. The van der Waals surface area contributed by atoms with Gasteiger partial charge in [0.05, 0.1) is 18.3 Å². The molecule has 1 aliphatic heterocycles. The van der Waals surface area contributed by atoms with Crippen LogP contribution < -0.4 is 0 Å². The van der Waals surface area contributed by atoms with Crippen molar-refractivity contribution < 1.29 is 35.2 Å². The first kappa shape index (κ1) is 17.3. The number of rotatable bonds is 5. The van der Waals surface area contributed by atoms with Crippen molar-refractivity contribution in [2.75, 3.05) is 6.61 Å². The zero-order valence-electron chi connectivity index (χ0n) is 11.6. The van der Waals surface area contributed by atoms with Crippen LogP contribution in [-0.2, 0) is 9.53 Å². The predicted molar refractivity (Wildman–Crippen MR) is 66.5 cm³/mol. The zero-order chi connectivity index (χ0) is 15.5. The van der Waals surface area contributed by atoms with Crippen molar-refractivity contribution in [2.24, 2.45) is 0 Å². The Bertz CT molecular complexity index is 336. The first-order chi connectivity index (χ1) is 9.21. The molecule has 0 spiro atoms. The number of carbonyl (C=O) groups is 1. The van der Waals surface area contributed by atoms with Gasteiger partial charge in [0.2, 0.25) is 0 Å². The number of carbonyl (C=O) groups excluding carboxylic acids is 1. The maximum Gasteiger partial charge on any atom is 0.272 e. The van der Waals surface area contributed by atoms with E-state index in [4.69, 9.17) is 9.84 Å². The van der Waals surface area contributed by atoms with E-state index in [1.807, 2.05) is 0 Å². The first-order valence-corrected chi connectivity index (χ1v) is 6.60. The van der Waals surface area contributed by atoms with Crippen molar-refractivity contribution in [1.29, 1.82) is 0 Å². The lowest BCUT2D eigenvalue weighted by molar-refractivity contribution is -0.305. The second-order valence-electron chi connectivity index (χ2n) is 5.29. The molecule has 20 heavy (non-hydrogen) atoms. The van der Waals surface area contributed by atoms with Gasteiger partial charge in [-0.25, -0.2) is 5.06 Å². The number of hydroxylamine groups is 2. The second-order valence-corrected chi connectivity index (χ2v) is 5.29. The molecule has 1 rings (SSSR count). The molecule has 0 aliphatic carbocycles. The molecule has 1 aliphatic rings. The molecule has 1 amide bonds. The molecule has 0 radical (unpaired) electrons. The maximum atomic E-state index is 11.4. The largest absolute Gasteiger partial charge is 0.393 e. The van der Waals surface area contributed by atoms with Gasteiger partial charge in [-0.05, 0) is 13.3 Å². The van der Waals surface area contributed by atoms with Gasteiger partial charge >= 0.3 is 0 Å². The highest BCUT2D eigenvalue weighted by atomic mass is 16.6. The van der Waals surface area contributed by atoms with E-state index in [9.17, 15) is 25.3 Å². The van der Waals surface area contributed by atoms with Gasteiger partial charge in [-0.15, -0.1) is 0 Å². The summed E-state index contributed by atoms with van der Waals surface area (Å²) in [5, 5.41) is 48.3. The summed E-state index contributed by atoms with van der Waals surface area (Å²) in [7, 11) is 0. The number of nitrogens with zero attached hydrogens (tertiary/aromatic N) is 1. The number of aliphatic hydroxyl groups excluding tert-OH is 3. The summed E-state index contributed by atoms with van der Waals surface area (Å²) in [6, 6.07) is -1.16. The van der Waals surface area contributed by atoms with Crippen molar-refractivity contribution in [1.82, 2.24) is 5.06 Å². The van der Waals surface area contributed by atoms with Gasteiger partial charge in [0.15, 0.2) is 5.79 Å². The summed E-state index contributed by atoms with van der Waals surface area (Å²) in [6.45, 7) is 2.18. The van der Waals surface area contributed by atoms with Crippen molar-refractivity contribution in [3.63, 3.8) is 0 Å². The van der Waals surface area contributed by atoms with Crippen LogP contribution in [0.4, 0.5) is 0 Å². The highest BCUT2D eigenvalue weighted by Crippen LogP contribution is 2.32. The van der Waals surface area contributed by atoms with Gasteiger partial charge in [0.25, 0.3) is 5.91 Å². The van der Waals surface area contributed by atoms with Crippen LogP contribution in [0.5, 0.6) is 0 Å². The van der Waals surface area contributed by atoms with E-state index in [1.165, 1.54) is 6.92 Å². The zero-order valence-corrected chi connectivity index (χ0v) is 11.6. The fraction of sp³-hybridized carbons (Fsp3) is 0.917. The number of amides is 1. The molecular formula is C12H23NO7. The highest BCUT2D eigenvalue weighted by Gasteiger charge is 2.47. The quantitative estimate of drug-likeness (QED) is 0.311. The number of hydrogen-bond acceptors (Lipinski definition) is 7. The molecule has 8 nitrogen and oxygen atoms in total. The summed E-state index contributed by atoms with van der Waals surface area (Å²) < 4.78 is 5.35. The van der Waals surface area contributed by atoms with Gasteiger partial charge in [-0.2, -0.15) is 0 Å². The standard InChI is InChI=1S/C12H23NO7/c1-3-7(15)4-9-11(13(19)10(17)6-14)8(16)5-12(2,18)20-9/h7-9,11,14-16,18-19H,3-6H2,1-2H3. The van der Waals surface area contributed by atoms with Crippen LogP contribution in [0.25, 0.3) is 0 Å². The van der Waals surface area contributed by atoms with Crippen molar-refractivity contribution in [3.05, 3.63) is 0 Å². The third-order valence-corrected chi connectivity index (χ3v) is 3.42. The summed E-state index contributed by atoms with van der Waals surface area (Å²) in [4.78, 5) is 11.4. The summed E-state index contributed by atoms with van der Waals surface area (Å²) >= 11 is 0. The molecule has 5 unspecified atom stereocenters. The highest BCUT2D eigenvalue weighted by molar-refractivity contribution is 5.76. The van der Waals surface area contributed by atoms with E-state index in [0.29, 0.717) is 6.42 Å². The van der Waals surface area contributed by atoms with E-state index in [2.05, 4.69) is 0 Å². The van der Waals surface area contributed by atoms with Crippen LogP contribution in [0.3, 0.4) is 0 Å². The van der Waals surface area contributed by atoms with E-state index in [1.54, 1.807) is 6.92 Å².